The number of aryl methyl sites for hydroxylation is 1. The molecule has 0 saturated carbocycles. The molecular weight excluding hydrogens is 290 g/mol. The maximum Gasteiger partial charge on any atom is 0.324 e. The maximum atomic E-state index is 11.7. The molecule has 23 heavy (non-hydrogen) atoms. The third-order valence-electron chi connectivity index (χ3n) is 5.17. The van der Waals surface area contributed by atoms with E-state index in [0.29, 0.717) is 12.6 Å². The molecule has 1 N–H and O–H groups in total. The van der Waals surface area contributed by atoms with Crippen LogP contribution in [0, 0.1) is 13.8 Å². The monoisotopic (exact) mass is 315 g/mol. The number of rotatable bonds is 4. The molecule has 1 aromatic carbocycles. The molecule has 2 fully saturated rings. The average Bonchev–Trinajstić information content (AvgIpc) is 2.87. The van der Waals surface area contributed by atoms with Crippen molar-refractivity contribution in [1.29, 1.82) is 0 Å². The molecule has 5 nitrogen and oxygen atoms in total. The number of hydrogen-bond donors (Lipinski definition) is 1. The fourth-order valence-electron chi connectivity index (χ4n) is 3.66. The van der Waals surface area contributed by atoms with Crippen LogP contribution in [0.3, 0.4) is 0 Å². The fraction of sp³-hybridized carbons (Fsp3) is 0.556. The number of benzene rings is 1. The van der Waals surface area contributed by atoms with E-state index < -0.39 is 0 Å². The zero-order chi connectivity index (χ0) is 16.4. The molecule has 0 radical (unpaired) electrons. The largest absolute Gasteiger partial charge is 0.329 e. The van der Waals surface area contributed by atoms with Crippen molar-refractivity contribution in [3.8, 4) is 0 Å². The van der Waals surface area contributed by atoms with E-state index in [1.54, 1.807) is 0 Å². The van der Waals surface area contributed by atoms with Crippen LogP contribution in [0.2, 0.25) is 0 Å². The van der Waals surface area contributed by atoms with Crippen LogP contribution in [0.1, 0.15) is 42.0 Å². The Balaban J connectivity index is 1.73. The summed E-state index contributed by atoms with van der Waals surface area (Å²) in [4.78, 5) is 27.2. The predicted molar refractivity (Wildman–Crippen MR) is 89.2 cm³/mol. The average molecular weight is 315 g/mol. The van der Waals surface area contributed by atoms with Crippen molar-refractivity contribution in [3.63, 3.8) is 0 Å². The lowest BCUT2D eigenvalue weighted by Gasteiger charge is -2.37. The molecule has 1 aromatic rings. The molecule has 2 aliphatic heterocycles. The van der Waals surface area contributed by atoms with Crippen LogP contribution in [0.5, 0.6) is 0 Å². The molecule has 3 amide bonds. The van der Waals surface area contributed by atoms with E-state index in [9.17, 15) is 9.59 Å². The van der Waals surface area contributed by atoms with Crippen LogP contribution in [0.25, 0.3) is 0 Å². The van der Waals surface area contributed by atoms with Gasteiger partial charge in [-0.15, -0.1) is 0 Å². The first-order valence-electron chi connectivity index (χ1n) is 8.46. The number of nitrogens with one attached hydrogen (secondary N) is 1. The van der Waals surface area contributed by atoms with E-state index in [4.69, 9.17) is 0 Å². The first-order valence-corrected chi connectivity index (χ1v) is 8.46. The van der Waals surface area contributed by atoms with Gasteiger partial charge in [0.1, 0.15) is 0 Å². The van der Waals surface area contributed by atoms with Gasteiger partial charge in [-0.3, -0.25) is 14.6 Å². The SMILES string of the molecule is Cc1cccc([C@H]2CCCCN2CCN2C(=O)CNC2=O)c1C. The molecule has 0 aromatic heterocycles. The molecule has 2 aliphatic rings. The normalized spacial score (nSPS) is 22.5. The Bertz CT molecular complexity index is 598. The predicted octanol–water partition coefficient (Wildman–Crippen LogP) is 2.38. The van der Waals surface area contributed by atoms with Gasteiger partial charge in [-0.25, -0.2) is 4.79 Å². The summed E-state index contributed by atoms with van der Waals surface area (Å²) in [5.74, 6) is -0.115. The van der Waals surface area contributed by atoms with E-state index >= 15 is 0 Å². The van der Waals surface area contributed by atoms with Gasteiger partial charge in [0.2, 0.25) is 5.91 Å². The minimum atomic E-state index is -0.254. The van der Waals surface area contributed by atoms with Crippen LogP contribution in [0.4, 0.5) is 4.79 Å². The van der Waals surface area contributed by atoms with Gasteiger partial charge >= 0.3 is 6.03 Å². The van der Waals surface area contributed by atoms with Crippen molar-refractivity contribution in [2.45, 2.75) is 39.2 Å². The van der Waals surface area contributed by atoms with Gasteiger partial charge in [0, 0.05) is 19.1 Å². The van der Waals surface area contributed by atoms with E-state index in [2.05, 4.69) is 42.3 Å². The van der Waals surface area contributed by atoms with Gasteiger partial charge in [-0.2, -0.15) is 0 Å². The van der Waals surface area contributed by atoms with E-state index in [1.807, 2.05) is 0 Å². The fourth-order valence-corrected chi connectivity index (χ4v) is 3.66. The third-order valence-corrected chi connectivity index (χ3v) is 5.17. The molecule has 2 heterocycles. The first-order chi connectivity index (χ1) is 11.1. The Hall–Kier alpha value is -1.88. The standard InChI is InChI=1S/C18H25N3O2/c1-13-6-5-7-15(14(13)2)16-8-3-4-9-20(16)10-11-21-17(22)12-19-18(21)23/h5-7,16H,3-4,8-12H2,1-2H3,(H,19,23)/t16-/m1/s1. The minimum absolute atomic E-state index is 0.115. The smallest absolute Gasteiger partial charge is 0.324 e. The summed E-state index contributed by atoms with van der Waals surface area (Å²) in [6.45, 7) is 6.73. The number of carbonyl (C=O) groups excluding carboxylic acids is 2. The molecule has 0 bridgehead atoms. The Labute approximate surface area is 137 Å². The second-order valence-electron chi connectivity index (χ2n) is 6.54. The van der Waals surface area contributed by atoms with Gasteiger partial charge in [-0.1, -0.05) is 24.6 Å². The summed E-state index contributed by atoms with van der Waals surface area (Å²) in [5.41, 5.74) is 4.07. The van der Waals surface area contributed by atoms with E-state index in [-0.39, 0.29) is 18.5 Å². The number of piperidine rings is 1. The quantitative estimate of drug-likeness (QED) is 0.868. The number of urea groups is 1. The summed E-state index contributed by atoms with van der Waals surface area (Å²) in [7, 11) is 0. The van der Waals surface area contributed by atoms with E-state index in [0.717, 1.165) is 19.5 Å². The number of carbonyl (C=O) groups is 2. The van der Waals surface area contributed by atoms with Crippen LogP contribution in [-0.4, -0.2) is 47.9 Å². The van der Waals surface area contributed by atoms with Gasteiger partial charge < -0.3 is 5.32 Å². The van der Waals surface area contributed by atoms with E-state index in [1.165, 1.54) is 34.4 Å². The number of likely N-dealkylation sites (tertiary alicyclic amines) is 1. The van der Waals surface area contributed by atoms with Crippen LogP contribution in [0.15, 0.2) is 18.2 Å². The zero-order valence-electron chi connectivity index (χ0n) is 14.0. The lowest BCUT2D eigenvalue weighted by Crippen LogP contribution is -2.42. The summed E-state index contributed by atoms with van der Waals surface area (Å²) in [6, 6.07) is 6.64. The minimum Gasteiger partial charge on any atom is -0.329 e. The Morgan fingerprint density at radius 3 is 2.74 bits per heavy atom. The first kappa shape index (κ1) is 16.0. The summed E-state index contributed by atoms with van der Waals surface area (Å²) < 4.78 is 0. The Morgan fingerprint density at radius 2 is 2.00 bits per heavy atom. The molecule has 0 spiro atoms. The molecule has 2 saturated heterocycles. The molecule has 0 aliphatic carbocycles. The Morgan fingerprint density at radius 1 is 1.17 bits per heavy atom. The summed E-state index contributed by atoms with van der Waals surface area (Å²) >= 11 is 0. The van der Waals surface area contributed by atoms with Crippen molar-refractivity contribution in [2.24, 2.45) is 0 Å². The van der Waals surface area contributed by atoms with Gasteiger partial charge in [0.05, 0.1) is 6.54 Å². The highest BCUT2D eigenvalue weighted by Gasteiger charge is 2.31. The number of imide groups is 1. The summed E-state index contributed by atoms with van der Waals surface area (Å²) in [6.07, 6.45) is 3.56. The van der Waals surface area contributed by atoms with Crippen molar-refractivity contribution in [1.82, 2.24) is 15.1 Å². The maximum absolute atomic E-state index is 11.7. The zero-order valence-corrected chi connectivity index (χ0v) is 14.0. The molecule has 1 atom stereocenters. The van der Waals surface area contributed by atoms with Gasteiger partial charge in [-0.05, 0) is 49.9 Å². The highest BCUT2D eigenvalue weighted by atomic mass is 16.2. The highest BCUT2D eigenvalue weighted by Crippen LogP contribution is 2.33. The molecule has 124 valence electrons. The number of nitrogens with zero attached hydrogens (tertiary/aromatic N) is 2. The van der Waals surface area contributed by atoms with Crippen molar-refractivity contribution in [2.75, 3.05) is 26.2 Å². The lowest BCUT2D eigenvalue weighted by atomic mass is 9.90. The molecule has 3 rings (SSSR count). The molecular formula is C18H25N3O2. The summed E-state index contributed by atoms with van der Waals surface area (Å²) in [5, 5.41) is 2.59. The number of amides is 3. The van der Waals surface area contributed by atoms with Crippen LogP contribution < -0.4 is 5.32 Å². The highest BCUT2D eigenvalue weighted by molar-refractivity contribution is 6.01. The van der Waals surface area contributed by atoms with Crippen LogP contribution in [-0.2, 0) is 4.79 Å². The Kier molecular flexibility index (Phi) is 4.66. The van der Waals surface area contributed by atoms with Crippen molar-refractivity contribution in [3.05, 3.63) is 34.9 Å². The lowest BCUT2D eigenvalue weighted by molar-refractivity contribution is -0.125. The van der Waals surface area contributed by atoms with Crippen molar-refractivity contribution >= 4 is 11.9 Å². The topological polar surface area (TPSA) is 52.6 Å². The molecule has 0 unspecified atom stereocenters. The second-order valence-corrected chi connectivity index (χ2v) is 6.54. The van der Waals surface area contributed by atoms with Crippen LogP contribution >= 0.6 is 0 Å². The van der Waals surface area contributed by atoms with Gasteiger partial charge in [0.25, 0.3) is 0 Å². The van der Waals surface area contributed by atoms with Crippen molar-refractivity contribution < 1.29 is 9.59 Å². The molecule has 5 heteroatoms. The second kappa shape index (κ2) is 6.71. The van der Waals surface area contributed by atoms with Gasteiger partial charge in [0.15, 0.2) is 0 Å². The third kappa shape index (κ3) is 3.24. The number of hydrogen-bond acceptors (Lipinski definition) is 3.